The van der Waals surface area contributed by atoms with Crippen molar-refractivity contribution in [1.82, 2.24) is 20.4 Å². The molecule has 0 aliphatic carbocycles. The van der Waals surface area contributed by atoms with Crippen LogP contribution in [0.1, 0.15) is 89.4 Å². The number of nitrogens with zero attached hydrogens (tertiary/aromatic N) is 3. The van der Waals surface area contributed by atoms with Gasteiger partial charge in [0.2, 0.25) is 23.6 Å². The first-order chi connectivity index (χ1) is 29.7. The smallest absolute Gasteiger partial charge is 0.407 e. The lowest BCUT2D eigenvalue weighted by Gasteiger charge is -2.33. The maximum atomic E-state index is 14.2. The van der Waals surface area contributed by atoms with Crippen LogP contribution in [0.5, 0.6) is 0 Å². The minimum Gasteiger partial charge on any atom is -0.453 e. The van der Waals surface area contributed by atoms with E-state index in [1.807, 2.05) is 76.2 Å². The van der Waals surface area contributed by atoms with Crippen molar-refractivity contribution in [2.45, 2.75) is 102 Å². The topological polar surface area (TPSA) is 179 Å². The van der Waals surface area contributed by atoms with Crippen molar-refractivity contribution in [2.75, 3.05) is 42.8 Å². The zero-order valence-corrected chi connectivity index (χ0v) is 36.2. The van der Waals surface area contributed by atoms with Crippen LogP contribution in [-0.4, -0.2) is 97.1 Å². The number of benzene rings is 3. The molecule has 3 fully saturated rings. The molecule has 0 bridgehead atoms. The Labute approximate surface area is 362 Å². The quantitative estimate of drug-likeness (QED) is 0.149. The zero-order valence-electron chi connectivity index (χ0n) is 36.2. The third-order valence-electron chi connectivity index (χ3n) is 12.1. The monoisotopic (exact) mass is 855 g/mol. The molecule has 3 aromatic carbocycles. The van der Waals surface area contributed by atoms with Gasteiger partial charge in [0.15, 0.2) is 0 Å². The SMILES string of the molecule is COC(=O)N[C@H](C(=O)N1CCC[C@H]1C(=O)Nc1ccc([C@@H]2CC[C@@H](c3ccc(NC(=O)[C@@H]4CCCN4C(=O)[C@@H](NC(=O)OC)C(C)C)cc3)N2c2ccc(F)cc2)cc1)C(C)C. The number of halogens is 1. The molecule has 6 atom stereocenters. The van der Waals surface area contributed by atoms with Crippen molar-refractivity contribution < 1.29 is 42.6 Å². The van der Waals surface area contributed by atoms with Gasteiger partial charge in [-0.15, -0.1) is 0 Å². The first-order valence-corrected chi connectivity index (χ1v) is 21.4. The van der Waals surface area contributed by atoms with E-state index < -0.39 is 36.4 Å². The van der Waals surface area contributed by atoms with E-state index in [0.717, 1.165) is 29.7 Å². The third kappa shape index (κ3) is 10.3. The number of likely N-dealkylation sites (tertiary alicyclic amines) is 2. The molecule has 62 heavy (non-hydrogen) atoms. The molecule has 3 aliphatic heterocycles. The molecule has 4 N–H and O–H groups in total. The highest BCUT2D eigenvalue weighted by atomic mass is 19.1. The minimum atomic E-state index is -0.831. The molecule has 6 rings (SSSR count). The predicted octanol–water partition coefficient (Wildman–Crippen LogP) is 6.53. The first-order valence-electron chi connectivity index (χ1n) is 21.4. The van der Waals surface area contributed by atoms with Gasteiger partial charge in [0, 0.05) is 30.2 Å². The van der Waals surface area contributed by atoms with E-state index in [4.69, 9.17) is 9.47 Å². The maximum Gasteiger partial charge on any atom is 0.407 e. The number of methoxy groups -OCH3 is 2. The molecule has 0 aromatic heterocycles. The molecule has 332 valence electrons. The van der Waals surface area contributed by atoms with Crippen LogP contribution < -0.4 is 26.2 Å². The molecule has 0 saturated carbocycles. The maximum absolute atomic E-state index is 14.2. The van der Waals surface area contributed by atoms with E-state index >= 15 is 0 Å². The van der Waals surface area contributed by atoms with E-state index in [-0.39, 0.29) is 53.4 Å². The summed E-state index contributed by atoms with van der Waals surface area (Å²) in [6, 6.07) is 18.5. The lowest BCUT2D eigenvalue weighted by Crippen LogP contribution is -2.54. The number of amides is 6. The van der Waals surface area contributed by atoms with Gasteiger partial charge in [0.05, 0.1) is 26.3 Å². The van der Waals surface area contributed by atoms with Crippen molar-refractivity contribution in [2.24, 2.45) is 11.8 Å². The predicted molar refractivity (Wildman–Crippen MR) is 232 cm³/mol. The van der Waals surface area contributed by atoms with Gasteiger partial charge < -0.3 is 45.4 Å². The summed E-state index contributed by atoms with van der Waals surface area (Å²) >= 11 is 0. The largest absolute Gasteiger partial charge is 0.453 e. The van der Waals surface area contributed by atoms with Gasteiger partial charge in [-0.25, -0.2) is 14.0 Å². The first kappa shape index (κ1) is 45.3. The highest BCUT2D eigenvalue weighted by Gasteiger charge is 2.41. The lowest BCUT2D eigenvalue weighted by atomic mass is 10.0. The van der Waals surface area contributed by atoms with Gasteiger partial charge in [-0.3, -0.25) is 19.2 Å². The summed E-state index contributed by atoms with van der Waals surface area (Å²) in [5, 5.41) is 11.2. The normalized spacial score (nSPS) is 20.8. The van der Waals surface area contributed by atoms with Gasteiger partial charge in [-0.2, -0.15) is 0 Å². The average Bonchev–Trinajstić information content (AvgIpc) is 4.06. The summed E-state index contributed by atoms with van der Waals surface area (Å²) in [6.45, 7) is 8.10. The van der Waals surface area contributed by atoms with Gasteiger partial charge in [0.25, 0.3) is 0 Å². The van der Waals surface area contributed by atoms with Crippen molar-refractivity contribution in [1.29, 1.82) is 0 Å². The molecule has 3 saturated heterocycles. The Bertz CT molecular complexity index is 1960. The van der Waals surface area contributed by atoms with E-state index in [2.05, 4.69) is 26.2 Å². The average molecular weight is 856 g/mol. The molecule has 6 amide bonds. The number of nitrogens with one attached hydrogen (secondary N) is 4. The number of carbonyl (C=O) groups is 6. The van der Waals surface area contributed by atoms with Crippen LogP contribution in [0, 0.1) is 17.7 Å². The van der Waals surface area contributed by atoms with E-state index in [1.165, 1.54) is 36.2 Å². The number of anilines is 3. The fourth-order valence-corrected chi connectivity index (χ4v) is 8.83. The summed E-state index contributed by atoms with van der Waals surface area (Å²) in [4.78, 5) is 83.4. The van der Waals surface area contributed by atoms with Crippen LogP contribution in [0.2, 0.25) is 0 Å². The summed E-state index contributed by atoms with van der Waals surface area (Å²) < 4.78 is 23.6. The van der Waals surface area contributed by atoms with Crippen LogP contribution in [0.25, 0.3) is 0 Å². The van der Waals surface area contributed by atoms with Gasteiger partial charge in [-0.1, -0.05) is 52.0 Å². The van der Waals surface area contributed by atoms with Crippen molar-refractivity contribution >= 4 is 52.9 Å². The van der Waals surface area contributed by atoms with Crippen LogP contribution >= 0.6 is 0 Å². The Morgan fingerprint density at radius 2 is 0.968 bits per heavy atom. The number of ether oxygens (including phenoxy) is 2. The second-order valence-corrected chi connectivity index (χ2v) is 16.8. The minimum absolute atomic E-state index is 0.0814. The van der Waals surface area contributed by atoms with E-state index in [1.54, 1.807) is 12.1 Å². The number of rotatable bonds is 13. The third-order valence-corrected chi connectivity index (χ3v) is 12.1. The number of hydrogen-bond acceptors (Lipinski definition) is 9. The molecular weight excluding hydrogens is 798 g/mol. The number of hydrogen-bond donors (Lipinski definition) is 4. The van der Waals surface area contributed by atoms with Crippen molar-refractivity contribution in [3.05, 3.63) is 89.7 Å². The molecule has 0 spiro atoms. The summed E-state index contributed by atoms with van der Waals surface area (Å²) in [7, 11) is 2.47. The summed E-state index contributed by atoms with van der Waals surface area (Å²) in [5.74, 6) is -2.04. The summed E-state index contributed by atoms with van der Waals surface area (Å²) in [6.07, 6.45) is 2.47. The fourth-order valence-electron chi connectivity index (χ4n) is 8.83. The standard InChI is InChI=1S/C46H58FN7O8/c1-27(2)39(50-45(59)61-5)43(57)52-25-7-9-37(52)41(55)48-32-17-11-29(12-18-32)35-23-24-36(54(35)34-21-15-31(47)16-22-34)30-13-19-33(20-14-30)49-42(56)38-10-8-26-53(38)44(58)40(28(3)4)51-46(60)62-6/h11-22,27-28,35-40H,7-10,23-26H2,1-6H3,(H,48,55)(H,49,56)(H,50,59)(H,51,60)/t35-,36-,37-,38-,39-,40-/m0/s1. The Balaban J connectivity index is 1.13. The van der Waals surface area contributed by atoms with Gasteiger partial charge in [0.1, 0.15) is 30.0 Å². The Kier molecular flexibility index (Phi) is 14.7. The van der Waals surface area contributed by atoms with E-state index in [9.17, 15) is 33.2 Å². The summed E-state index contributed by atoms with van der Waals surface area (Å²) in [5.41, 5.74) is 4.00. The van der Waals surface area contributed by atoms with Crippen LogP contribution in [0.4, 0.5) is 31.0 Å². The van der Waals surface area contributed by atoms with Crippen molar-refractivity contribution in [3.63, 3.8) is 0 Å². The molecule has 3 aromatic rings. The second-order valence-electron chi connectivity index (χ2n) is 16.8. The number of alkyl carbamates (subject to hydrolysis) is 2. The Morgan fingerprint density at radius 1 is 0.581 bits per heavy atom. The number of carbonyl (C=O) groups excluding carboxylic acids is 6. The van der Waals surface area contributed by atoms with Crippen LogP contribution in [0.15, 0.2) is 72.8 Å². The molecule has 0 radical (unpaired) electrons. The molecular formula is C46H58FN7O8. The molecule has 16 heteroatoms. The molecule has 3 aliphatic rings. The highest BCUT2D eigenvalue weighted by Crippen LogP contribution is 2.47. The highest BCUT2D eigenvalue weighted by molar-refractivity contribution is 5.99. The van der Waals surface area contributed by atoms with Crippen LogP contribution in [-0.2, 0) is 28.7 Å². The zero-order chi connectivity index (χ0) is 44.7. The van der Waals surface area contributed by atoms with E-state index in [0.29, 0.717) is 50.1 Å². The fraction of sp³-hybridized carbons (Fsp3) is 0.478. The molecule has 15 nitrogen and oxygen atoms in total. The molecule has 0 unspecified atom stereocenters. The lowest BCUT2D eigenvalue weighted by molar-refractivity contribution is -0.139. The second kappa shape index (κ2) is 20.1. The van der Waals surface area contributed by atoms with Gasteiger partial charge in [-0.05, 0) is 110 Å². The Morgan fingerprint density at radius 3 is 1.32 bits per heavy atom. The molecule has 3 heterocycles. The van der Waals surface area contributed by atoms with Crippen LogP contribution in [0.3, 0.4) is 0 Å². The van der Waals surface area contributed by atoms with Gasteiger partial charge >= 0.3 is 12.2 Å². The Hall–Kier alpha value is -6.19. The van der Waals surface area contributed by atoms with Crippen molar-refractivity contribution in [3.8, 4) is 0 Å².